The van der Waals surface area contributed by atoms with Crippen LogP contribution >= 0.6 is 0 Å². The monoisotopic (exact) mass is 264 g/mol. The number of hydrogen-bond donors (Lipinski definition) is 2. The molecule has 0 unspecified atom stereocenters. The summed E-state index contributed by atoms with van der Waals surface area (Å²) < 4.78 is 36.9. The second kappa shape index (κ2) is 5.07. The molecule has 100 valence electrons. The van der Waals surface area contributed by atoms with Crippen LogP contribution in [0, 0.1) is 0 Å². The molecule has 1 rings (SSSR count). The van der Waals surface area contributed by atoms with E-state index in [2.05, 4.69) is 10.4 Å². The second-order valence-electron chi connectivity index (χ2n) is 3.46. The number of aryl methyl sites for hydroxylation is 1. The number of nitrogens with one attached hydrogen (secondary N) is 1. The average Bonchev–Trinajstić information content (AvgIpc) is 2.68. The quantitative estimate of drug-likeness (QED) is 0.819. The molecule has 18 heavy (non-hydrogen) atoms. The smallest absolute Gasteiger partial charge is 0.365 e. The van der Waals surface area contributed by atoms with Gasteiger partial charge in [-0.1, -0.05) is 0 Å². The number of nitrogens with two attached hydrogens (primary N) is 1. The summed E-state index contributed by atoms with van der Waals surface area (Å²) in [6.45, 7) is -0.485. The van der Waals surface area contributed by atoms with Crippen LogP contribution in [0.5, 0.6) is 0 Å². The summed E-state index contributed by atoms with van der Waals surface area (Å²) in [5.74, 6) is -1.61. The lowest BCUT2D eigenvalue weighted by atomic mass is 10.2. The van der Waals surface area contributed by atoms with Crippen molar-refractivity contribution in [1.29, 1.82) is 0 Å². The number of primary amides is 1. The molecule has 0 aromatic carbocycles. The zero-order valence-corrected chi connectivity index (χ0v) is 9.41. The molecule has 0 saturated carbocycles. The third kappa shape index (κ3) is 3.47. The first-order chi connectivity index (χ1) is 8.24. The van der Waals surface area contributed by atoms with Gasteiger partial charge in [-0.3, -0.25) is 14.3 Å². The maximum absolute atomic E-state index is 12.0. The highest BCUT2D eigenvalue weighted by atomic mass is 19.4. The van der Waals surface area contributed by atoms with E-state index in [1.165, 1.54) is 7.05 Å². The van der Waals surface area contributed by atoms with Crippen LogP contribution in [0.2, 0.25) is 0 Å². The van der Waals surface area contributed by atoms with Crippen molar-refractivity contribution in [3.63, 3.8) is 0 Å². The molecule has 9 heteroatoms. The fourth-order valence-corrected chi connectivity index (χ4v) is 1.24. The number of rotatable bonds is 4. The summed E-state index contributed by atoms with van der Waals surface area (Å²) in [7, 11) is 1.31. The summed E-state index contributed by atoms with van der Waals surface area (Å²) in [5, 5.41) is 5.83. The highest BCUT2D eigenvalue weighted by Crippen LogP contribution is 2.20. The number of hydrogen-bond acceptors (Lipinski definition) is 3. The van der Waals surface area contributed by atoms with Gasteiger partial charge < -0.3 is 11.1 Å². The molecule has 0 aliphatic heterocycles. The van der Waals surface area contributed by atoms with Gasteiger partial charge >= 0.3 is 6.18 Å². The van der Waals surface area contributed by atoms with E-state index < -0.39 is 31.0 Å². The summed E-state index contributed by atoms with van der Waals surface area (Å²) in [4.78, 5) is 22.4. The van der Waals surface area contributed by atoms with Crippen molar-refractivity contribution in [2.75, 3.05) is 7.05 Å². The Morgan fingerprint density at radius 1 is 1.50 bits per heavy atom. The Balaban J connectivity index is 2.96. The number of nitrogens with zero attached hydrogens (tertiary/aromatic N) is 2. The minimum absolute atomic E-state index is 0.212. The van der Waals surface area contributed by atoms with E-state index in [0.717, 1.165) is 10.9 Å². The number of amides is 2. The third-order valence-corrected chi connectivity index (χ3v) is 2.09. The fourth-order valence-electron chi connectivity index (χ4n) is 1.24. The molecule has 0 bridgehead atoms. The minimum Gasteiger partial charge on any atom is -0.365 e. The van der Waals surface area contributed by atoms with E-state index >= 15 is 0 Å². The second-order valence-corrected chi connectivity index (χ2v) is 3.46. The molecular weight excluding hydrogens is 253 g/mol. The Labute approximate surface area is 99.9 Å². The standard InChI is InChI=1S/C9H11F3N4O2/c1-14-8(18)6-5(7(13)17)4-16(15-6)3-2-9(10,11)12/h4H,2-3H2,1H3,(H2,13,17)(H,14,18). The number of aromatic nitrogens is 2. The minimum atomic E-state index is -4.34. The Hall–Kier alpha value is -2.06. The predicted octanol–water partition coefficient (Wildman–Crippen LogP) is 0.294. The van der Waals surface area contributed by atoms with Gasteiger partial charge in [0.25, 0.3) is 11.8 Å². The van der Waals surface area contributed by atoms with Gasteiger partial charge in [0.15, 0.2) is 5.69 Å². The molecule has 0 aliphatic carbocycles. The van der Waals surface area contributed by atoms with Crippen LogP contribution in [0.4, 0.5) is 13.2 Å². The van der Waals surface area contributed by atoms with Crippen LogP contribution in [-0.4, -0.2) is 34.8 Å². The molecule has 0 atom stereocenters. The van der Waals surface area contributed by atoms with E-state index in [9.17, 15) is 22.8 Å². The average molecular weight is 264 g/mol. The van der Waals surface area contributed by atoms with E-state index in [-0.39, 0.29) is 11.3 Å². The number of alkyl halides is 3. The van der Waals surface area contributed by atoms with Crippen LogP contribution in [0.25, 0.3) is 0 Å². The summed E-state index contributed by atoms with van der Waals surface area (Å²) in [5.41, 5.74) is 4.51. The molecule has 0 fully saturated rings. The van der Waals surface area contributed by atoms with Crippen molar-refractivity contribution in [3.05, 3.63) is 17.5 Å². The molecule has 3 N–H and O–H groups in total. The maximum atomic E-state index is 12.0. The van der Waals surface area contributed by atoms with Crippen molar-refractivity contribution < 1.29 is 22.8 Å². The van der Waals surface area contributed by atoms with Crippen molar-refractivity contribution in [2.45, 2.75) is 19.1 Å². The summed E-state index contributed by atoms with van der Waals surface area (Å²) in [6, 6.07) is 0. The molecule has 0 aliphatic rings. The van der Waals surface area contributed by atoms with Crippen molar-refractivity contribution in [2.24, 2.45) is 5.73 Å². The topological polar surface area (TPSA) is 90.0 Å². The Morgan fingerprint density at radius 3 is 2.56 bits per heavy atom. The normalized spacial score (nSPS) is 11.3. The van der Waals surface area contributed by atoms with E-state index in [1.807, 2.05) is 0 Å². The zero-order valence-electron chi connectivity index (χ0n) is 9.41. The Kier molecular flexibility index (Phi) is 3.94. The molecule has 1 aromatic heterocycles. The van der Waals surface area contributed by atoms with Gasteiger partial charge in [0.2, 0.25) is 0 Å². The molecule has 0 radical (unpaired) electrons. The summed E-state index contributed by atoms with van der Waals surface area (Å²) in [6.07, 6.45) is -4.43. The molecule has 1 aromatic rings. The molecule has 1 heterocycles. The van der Waals surface area contributed by atoms with E-state index in [1.54, 1.807) is 0 Å². The first-order valence-corrected chi connectivity index (χ1v) is 4.90. The van der Waals surface area contributed by atoms with Gasteiger partial charge in [-0.25, -0.2) is 0 Å². The van der Waals surface area contributed by atoms with E-state index in [0.29, 0.717) is 0 Å². The van der Waals surface area contributed by atoms with Crippen LogP contribution in [0.1, 0.15) is 27.3 Å². The van der Waals surface area contributed by atoms with Crippen LogP contribution in [0.3, 0.4) is 0 Å². The molecule has 0 saturated heterocycles. The SMILES string of the molecule is CNC(=O)c1nn(CCC(F)(F)F)cc1C(N)=O. The molecular formula is C9H11F3N4O2. The Morgan fingerprint density at radius 2 is 2.11 bits per heavy atom. The van der Waals surface area contributed by atoms with Crippen molar-refractivity contribution in [3.8, 4) is 0 Å². The number of carbonyl (C=O) groups is 2. The Bertz CT molecular complexity index is 467. The molecule has 2 amide bonds. The van der Waals surface area contributed by atoms with Crippen LogP contribution in [-0.2, 0) is 6.54 Å². The number of halogens is 3. The maximum Gasteiger partial charge on any atom is 0.390 e. The predicted molar refractivity (Wildman–Crippen MR) is 54.8 cm³/mol. The van der Waals surface area contributed by atoms with Crippen molar-refractivity contribution in [1.82, 2.24) is 15.1 Å². The molecule has 6 nitrogen and oxygen atoms in total. The van der Waals surface area contributed by atoms with Gasteiger partial charge in [-0.05, 0) is 0 Å². The largest absolute Gasteiger partial charge is 0.390 e. The lowest BCUT2D eigenvalue weighted by Gasteiger charge is -2.05. The lowest BCUT2D eigenvalue weighted by Crippen LogP contribution is -2.23. The summed E-state index contributed by atoms with van der Waals surface area (Å²) >= 11 is 0. The zero-order chi connectivity index (χ0) is 13.9. The number of carbonyl (C=O) groups excluding carboxylic acids is 2. The molecule has 0 spiro atoms. The van der Waals surface area contributed by atoms with Crippen LogP contribution in [0.15, 0.2) is 6.20 Å². The van der Waals surface area contributed by atoms with Gasteiger partial charge in [0, 0.05) is 19.8 Å². The van der Waals surface area contributed by atoms with Gasteiger partial charge in [-0.2, -0.15) is 18.3 Å². The first kappa shape index (κ1) is 14.0. The van der Waals surface area contributed by atoms with Crippen molar-refractivity contribution >= 4 is 11.8 Å². The van der Waals surface area contributed by atoms with Crippen LogP contribution < -0.4 is 11.1 Å². The lowest BCUT2D eigenvalue weighted by molar-refractivity contribution is -0.137. The fraction of sp³-hybridized carbons (Fsp3) is 0.444. The highest BCUT2D eigenvalue weighted by molar-refractivity contribution is 6.05. The van der Waals surface area contributed by atoms with E-state index in [4.69, 9.17) is 5.73 Å². The van der Waals surface area contributed by atoms with Gasteiger partial charge in [0.1, 0.15) is 0 Å². The van der Waals surface area contributed by atoms with Gasteiger partial charge in [0.05, 0.1) is 12.0 Å². The first-order valence-electron chi connectivity index (χ1n) is 4.90. The highest BCUT2D eigenvalue weighted by Gasteiger charge is 2.27. The third-order valence-electron chi connectivity index (χ3n) is 2.09. The van der Waals surface area contributed by atoms with Gasteiger partial charge in [-0.15, -0.1) is 0 Å².